The first-order chi connectivity index (χ1) is 9.31. The average molecular weight is 331 g/mol. The van der Waals surface area contributed by atoms with E-state index < -0.39 is 15.8 Å². The highest BCUT2D eigenvalue weighted by Crippen LogP contribution is 2.28. The van der Waals surface area contributed by atoms with E-state index >= 15 is 0 Å². The molecule has 7 heteroatoms. The minimum Gasteiger partial charge on any atom is -0.477 e. The second-order valence-corrected chi connectivity index (χ2v) is 7.81. The van der Waals surface area contributed by atoms with Crippen molar-refractivity contribution in [2.75, 3.05) is 0 Å². The Kier molecular flexibility index (Phi) is 4.17. The van der Waals surface area contributed by atoms with E-state index in [1.807, 2.05) is 0 Å². The third kappa shape index (κ3) is 3.03. The predicted octanol–water partition coefficient (Wildman–Crippen LogP) is 3.38. The monoisotopic (exact) mass is 330 g/mol. The van der Waals surface area contributed by atoms with Crippen molar-refractivity contribution in [2.45, 2.75) is 17.6 Å². The van der Waals surface area contributed by atoms with Gasteiger partial charge in [-0.3, -0.25) is 0 Å². The number of benzene rings is 1. The first-order valence-corrected chi connectivity index (χ1v) is 8.46. The lowest BCUT2D eigenvalue weighted by molar-refractivity contribution is 0.0702. The van der Waals surface area contributed by atoms with Gasteiger partial charge in [0.25, 0.3) is 0 Å². The first-order valence-electron chi connectivity index (χ1n) is 5.61. The third-order valence-corrected chi connectivity index (χ3v) is 5.99. The van der Waals surface area contributed by atoms with Crippen LogP contribution < -0.4 is 0 Å². The molecule has 0 bridgehead atoms. The lowest BCUT2D eigenvalue weighted by atomic mass is 10.3. The highest BCUT2D eigenvalue weighted by molar-refractivity contribution is 7.90. The highest BCUT2D eigenvalue weighted by Gasteiger charge is 2.21. The zero-order valence-electron chi connectivity index (χ0n) is 10.5. The second-order valence-electron chi connectivity index (χ2n) is 4.19. The fourth-order valence-corrected chi connectivity index (χ4v) is 4.72. The van der Waals surface area contributed by atoms with Crippen LogP contribution in [0.1, 0.15) is 20.1 Å². The maximum absolute atomic E-state index is 12.3. The Bertz CT molecular complexity index is 762. The number of carboxylic acid groups (broad SMARTS) is 1. The quantitative estimate of drug-likeness (QED) is 0.932. The molecular weight excluding hydrogens is 320 g/mol. The standard InChI is InChI=1S/C13H11ClO4S2/c1-8-9(6-11(19-8)13(15)16)7-20(17,18)12-5-3-2-4-10(12)14/h2-6H,7H2,1H3,(H,15,16). The van der Waals surface area contributed by atoms with Crippen LogP contribution in [0.15, 0.2) is 35.2 Å². The third-order valence-electron chi connectivity index (χ3n) is 2.75. The Labute approximate surface area is 125 Å². The molecule has 0 radical (unpaired) electrons. The van der Waals surface area contributed by atoms with E-state index in [0.29, 0.717) is 10.4 Å². The topological polar surface area (TPSA) is 71.4 Å². The number of rotatable bonds is 4. The molecule has 1 aromatic carbocycles. The minimum atomic E-state index is -3.60. The molecule has 0 aliphatic rings. The second kappa shape index (κ2) is 5.55. The number of aromatic carboxylic acids is 1. The summed E-state index contributed by atoms with van der Waals surface area (Å²) in [4.78, 5) is 11.8. The van der Waals surface area contributed by atoms with Gasteiger partial charge in [-0.2, -0.15) is 0 Å². The molecule has 0 atom stereocenters. The van der Waals surface area contributed by atoms with Crippen molar-refractivity contribution in [1.29, 1.82) is 0 Å². The van der Waals surface area contributed by atoms with Crippen LogP contribution in [0.3, 0.4) is 0 Å². The van der Waals surface area contributed by atoms with Gasteiger partial charge >= 0.3 is 5.97 Å². The van der Waals surface area contributed by atoms with Gasteiger partial charge in [-0.25, -0.2) is 13.2 Å². The number of aryl methyl sites for hydroxylation is 1. The van der Waals surface area contributed by atoms with Crippen molar-refractivity contribution in [2.24, 2.45) is 0 Å². The molecule has 1 heterocycles. The molecule has 1 N–H and O–H groups in total. The van der Waals surface area contributed by atoms with Crippen LogP contribution in [-0.2, 0) is 15.6 Å². The molecule has 2 aromatic rings. The summed E-state index contributed by atoms with van der Waals surface area (Å²) >= 11 is 6.97. The summed E-state index contributed by atoms with van der Waals surface area (Å²) in [5, 5.41) is 9.09. The minimum absolute atomic E-state index is 0.0594. The van der Waals surface area contributed by atoms with E-state index in [2.05, 4.69) is 0 Å². The molecule has 0 aliphatic carbocycles. The molecule has 0 saturated carbocycles. The van der Waals surface area contributed by atoms with Crippen molar-refractivity contribution in [1.82, 2.24) is 0 Å². The van der Waals surface area contributed by atoms with E-state index in [1.165, 1.54) is 18.2 Å². The van der Waals surface area contributed by atoms with Gasteiger partial charge in [-0.1, -0.05) is 23.7 Å². The van der Waals surface area contributed by atoms with Crippen LogP contribution in [0.25, 0.3) is 0 Å². The smallest absolute Gasteiger partial charge is 0.345 e. The van der Waals surface area contributed by atoms with Gasteiger partial charge in [0.15, 0.2) is 9.84 Å². The summed E-state index contributed by atoms with van der Waals surface area (Å²) in [5.74, 6) is -1.31. The van der Waals surface area contributed by atoms with Crippen molar-refractivity contribution in [3.63, 3.8) is 0 Å². The van der Waals surface area contributed by atoms with E-state index in [-0.39, 0.29) is 20.5 Å². The number of carboxylic acids is 1. The summed E-state index contributed by atoms with van der Waals surface area (Å²) in [7, 11) is -3.60. The van der Waals surface area contributed by atoms with E-state index in [4.69, 9.17) is 16.7 Å². The van der Waals surface area contributed by atoms with Gasteiger partial charge in [-0.15, -0.1) is 11.3 Å². The SMILES string of the molecule is Cc1sc(C(=O)O)cc1CS(=O)(=O)c1ccccc1Cl. The van der Waals surface area contributed by atoms with Crippen molar-refractivity contribution in [3.05, 3.63) is 50.7 Å². The molecule has 0 aliphatic heterocycles. The zero-order chi connectivity index (χ0) is 14.9. The number of hydrogen-bond acceptors (Lipinski definition) is 4. The summed E-state index contributed by atoms with van der Waals surface area (Å²) in [6.45, 7) is 1.70. The zero-order valence-corrected chi connectivity index (χ0v) is 12.8. The van der Waals surface area contributed by atoms with Crippen LogP contribution in [-0.4, -0.2) is 19.5 Å². The van der Waals surface area contributed by atoms with Gasteiger partial charge in [0.1, 0.15) is 4.88 Å². The summed E-state index contributed by atoms with van der Waals surface area (Å²) in [6.07, 6.45) is 0. The van der Waals surface area contributed by atoms with Crippen molar-refractivity contribution >= 4 is 38.7 Å². The first kappa shape index (κ1) is 15.0. The number of hydrogen-bond donors (Lipinski definition) is 1. The summed E-state index contributed by atoms with van der Waals surface area (Å²) in [5.41, 5.74) is 0.493. The van der Waals surface area contributed by atoms with E-state index in [0.717, 1.165) is 11.3 Å². The number of sulfone groups is 1. The predicted molar refractivity (Wildman–Crippen MR) is 78.4 cm³/mol. The van der Waals surface area contributed by atoms with Crippen LogP contribution in [0.5, 0.6) is 0 Å². The lowest BCUT2D eigenvalue weighted by Crippen LogP contribution is -2.05. The normalized spacial score (nSPS) is 11.5. The van der Waals surface area contributed by atoms with Gasteiger partial charge < -0.3 is 5.11 Å². The van der Waals surface area contributed by atoms with Crippen molar-refractivity contribution in [3.8, 4) is 0 Å². The van der Waals surface area contributed by atoms with Gasteiger partial charge in [0.05, 0.1) is 15.7 Å². The molecular formula is C13H11ClO4S2. The van der Waals surface area contributed by atoms with E-state index in [1.54, 1.807) is 19.1 Å². The number of halogens is 1. The molecule has 2 rings (SSSR count). The van der Waals surface area contributed by atoms with Gasteiger partial charge in [-0.05, 0) is 30.7 Å². The van der Waals surface area contributed by atoms with Crippen LogP contribution in [0.4, 0.5) is 0 Å². The number of carbonyl (C=O) groups is 1. The maximum atomic E-state index is 12.3. The largest absolute Gasteiger partial charge is 0.477 e. The van der Waals surface area contributed by atoms with Gasteiger partial charge in [0, 0.05) is 4.88 Å². The molecule has 0 unspecified atom stereocenters. The molecule has 0 saturated heterocycles. The Balaban J connectivity index is 2.39. The van der Waals surface area contributed by atoms with Crippen LogP contribution in [0.2, 0.25) is 5.02 Å². The van der Waals surface area contributed by atoms with Crippen molar-refractivity contribution < 1.29 is 18.3 Å². The lowest BCUT2D eigenvalue weighted by Gasteiger charge is -2.05. The average Bonchev–Trinajstić information content (AvgIpc) is 2.71. The molecule has 0 fully saturated rings. The summed E-state index contributed by atoms with van der Waals surface area (Å²) in [6, 6.07) is 7.60. The molecule has 106 valence electrons. The molecule has 0 spiro atoms. The Hall–Kier alpha value is -1.37. The highest BCUT2D eigenvalue weighted by atomic mass is 35.5. The number of thiophene rings is 1. The molecule has 1 aromatic heterocycles. The Morgan fingerprint density at radius 2 is 2.00 bits per heavy atom. The Morgan fingerprint density at radius 3 is 2.55 bits per heavy atom. The maximum Gasteiger partial charge on any atom is 0.345 e. The molecule has 0 amide bonds. The fourth-order valence-electron chi connectivity index (χ4n) is 1.75. The van der Waals surface area contributed by atoms with Crippen LogP contribution in [0, 0.1) is 6.92 Å². The Morgan fingerprint density at radius 1 is 1.35 bits per heavy atom. The summed E-state index contributed by atoms with van der Waals surface area (Å²) < 4.78 is 24.7. The fraction of sp³-hybridized carbons (Fsp3) is 0.154. The van der Waals surface area contributed by atoms with Gasteiger partial charge in [0.2, 0.25) is 0 Å². The molecule has 4 nitrogen and oxygen atoms in total. The molecule has 20 heavy (non-hydrogen) atoms. The van der Waals surface area contributed by atoms with Crippen LogP contribution >= 0.6 is 22.9 Å². The van der Waals surface area contributed by atoms with E-state index in [9.17, 15) is 13.2 Å².